The summed E-state index contributed by atoms with van der Waals surface area (Å²) >= 11 is 0. The van der Waals surface area contributed by atoms with E-state index in [1.807, 2.05) is 30.3 Å². The van der Waals surface area contributed by atoms with Crippen LogP contribution in [-0.4, -0.2) is 49.3 Å². The van der Waals surface area contributed by atoms with Gasteiger partial charge in [0, 0.05) is 25.2 Å². The summed E-state index contributed by atoms with van der Waals surface area (Å²) in [6, 6.07) is 7.42. The maximum atomic E-state index is 11.6. The Morgan fingerprint density at radius 3 is 2.64 bits per heavy atom. The molecule has 1 N–H and O–H groups in total. The number of aliphatic hydroxyl groups excluding tert-OH is 1. The van der Waals surface area contributed by atoms with E-state index in [0.29, 0.717) is 26.1 Å². The number of aliphatic hydroxyl groups is 1. The Balaban J connectivity index is 1.88. The second kappa shape index (κ2) is 7.96. The van der Waals surface area contributed by atoms with E-state index in [1.165, 1.54) is 0 Å². The van der Waals surface area contributed by atoms with Crippen LogP contribution in [0.25, 0.3) is 0 Å². The van der Waals surface area contributed by atoms with Crippen molar-refractivity contribution in [2.75, 3.05) is 33.4 Å². The summed E-state index contributed by atoms with van der Waals surface area (Å²) in [5.74, 6) is 0.550. The quantitative estimate of drug-likeness (QED) is 0.814. The molecule has 5 heteroatoms. The summed E-state index contributed by atoms with van der Waals surface area (Å²) in [5.41, 5.74) is 1.60. The highest BCUT2D eigenvalue weighted by Gasteiger charge is 2.20. The van der Waals surface area contributed by atoms with Gasteiger partial charge in [0.25, 0.3) is 0 Å². The third kappa shape index (κ3) is 4.32. The van der Waals surface area contributed by atoms with Crippen molar-refractivity contribution in [2.45, 2.75) is 19.4 Å². The van der Waals surface area contributed by atoms with Gasteiger partial charge >= 0.3 is 5.97 Å². The molecule has 2 rings (SSSR count). The summed E-state index contributed by atoms with van der Waals surface area (Å²) in [7, 11) is 1.62. The number of hydrogen-bond donors (Lipinski definition) is 1. The molecule has 0 aromatic heterocycles. The van der Waals surface area contributed by atoms with Crippen LogP contribution in [-0.2, 0) is 9.53 Å². The predicted molar refractivity (Wildman–Crippen MR) is 83.7 cm³/mol. The molecule has 0 radical (unpaired) electrons. The topological polar surface area (TPSA) is 59.0 Å². The monoisotopic (exact) mass is 305 g/mol. The standard InChI is InChI=1S/C17H23NO4/c1-3-22-17(20)14-8-10-18(11-9-14)12-16(19)13-4-6-15(21-2)7-5-13/h4-8,16,19H,3,9-12H2,1-2H3. The number of benzene rings is 1. The molecule has 0 saturated carbocycles. The maximum absolute atomic E-state index is 11.6. The Morgan fingerprint density at radius 1 is 1.36 bits per heavy atom. The van der Waals surface area contributed by atoms with Crippen molar-refractivity contribution in [1.29, 1.82) is 0 Å². The average Bonchev–Trinajstić information content (AvgIpc) is 2.55. The Hall–Kier alpha value is -1.85. The number of carbonyl (C=O) groups excluding carboxylic acids is 1. The highest BCUT2D eigenvalue weighted by molar-refractivity contribution is 5.88. The van der Waals surface area contributed by atoms with E-state index in [0.717, 1.165) is 23.4 Å². The zero-order valence-corrected chi connectivity index (χ0v) is 13.1. The lowest BCUT2D eigenvalue weighted by Gasteiger charge is -2.27. The summed E-state index contributed by atoms with van der Waals surface area (Å²) in [4.78, 5) is 13.8. The molecule has 0 spiro atoms. The van der Waals surface area contributed by atoms with E-state index in [4.69, 9.17) is 9.47 Å². The SMILES string of the molecule is CCOC(=O)C1=CCN(CC(O)c2ccc(OC)cc2)CC1. The Morgan fingerprint density at radius 2 is 2.09 bits per heavy atom. The summed E-state index contributed by atoms with van der Waals surface area (Å²) in [6.45, 7) is 4.15. The van der Waals surface area contributed by atoms with Crippen molar-refractivity contribution >= 4 is 5.97 Å². The molecule has 22 heavy (non-hydrogen) atoms. The van der Waals surface area contributed by atoms with Crippen LogP contribution in [0.5, 0.6) is 5.75 Å². The highest BCUT2D eigenvalue weighted by atomic mass is 16.5. The van der Waals surface area contributed by atoms with E-state index < -0.39 is 6.10 Å². The third-order valence-electron chi connectivity index (χ3n) is 3.76. The van der Waals surface area contributed by atoms with Crippen LogP contribution in [0.15, 0.2) is 35.9 Å². The van der Waals surface area contributed by atoms with Gasteiger partial charge in [0.2, 0.25) is 0 Å². The van der Waals surface area contributed by atoms with Gasteiger partial charge in [0.15, 0.2) is 0 Å². The van der Waals surface area contributed by atoms with Crippen LogP contribution in [0.2, 0.25) is 0 Å². The van der Waals surface area contributed by atoms with Gasteiger partial charge in [-0.2, -0.15) is 0 Å². The van der Waals surface area contributed by atoms with E-state index in [-0.39, 0.29) is 5.97 Å². The summed E-state index contributed by atoms with van der Waals surface area (Å²) < 4.78 is 10.1. The minimum absolute atomic E-state index is 0.224. The van der Waals surface area contributed by atoms with Crippen LogP contribution in [0.3, 0.4) is 0 Å². The van der Waals surface area contributed by atoms with Crippen LogP contribution in [0.4, 0.5) is 0 Å². The molecule has 0 aliphatic carbocycles. The molecule has 1 aromatic rings. The molecule has 1 aliphatic rings. The van der Waals surface area contributed by atoms with Crippen LogP contribution in [0.1, 0.15) is 25.0 Å². The van der Waals surface area contributed by atoms with Gasteiger partial charge in [-0.05, 0) is 31.0 Å². The summed E-state index contributed by atoms with van der Waals surface area (Å²) in [5, 5.41) is 10.3. The van der Waals surface area contributed by atoms with Gasteiger partial charge in [-0.1, -0.05) is 18.2 Å². The van der Waals surface area contributed by atoms with Crippen LogP contribution in [0, 0.1) is 0 Å². The number of esters is 1. The van der Waals surface area contributed by atoms with Crippen molar-refractivity contribution < 1.29 is 19.4 Å². The van der Waals surface area contributed by atoms with Gasteiger partial charge in [-0.3, -0.25) is 4.90 Å². The molecular formula is C17H23NO4. The fourth-order valence-electron chi connectivity index (χ4n) is 2.46. The van der Waals surface area contributed by atoms with Crippen molar-refractivity contribution in [3.05, 3.63) is 41.5 Å². The highest BCUT2D eigenvalue weighted by Crippen LogP contribution is 2.20. The normalized spacial score (nSPS) is 16.8. The molecule has 1 aliphatic heterocycles. The van der Waals surface area contributed by atoms with Gasteiger partial charge in [-0.15, -0.1) is 0 Å². The van der Waals surface area contributed by atoms with Gasteiger partial charge < -0.3 is 14.6 Å². The number of β-amino-alcohol motifs (C(OH)–C–C–N with tert-alkyl or cyclic N) is 1. The van der Waals surface area contributed by atoms with Crippen molar-refractivity contribution in [3.8, 4) is 5.75 Å². The van der Waals surface area contributed by atoms with E-state index in [9.17, 15) is 9.90 Å². The lowest BCUT2D eigenvalue weighted by atomic mass is 10.1. The first kappa shape index (κ1) is 16.5. The van der Waals surface area contributed by atoms with E-state index >= 15 is 0 Å². The number of ether oxygens (including phenoxy) is 2. The number of methoxy groups -OCH3 is 1. The van der Waals surface area contributed by atoms with Gasteiger partial charge in [0.05, 0.1) is 19.8 Å². The Kier molecular flexibility index (Phi) is 5.98. The molecule has 0 amide bonds. The van der Waals surface area contributed by atoms with Gasteiger partial charge in [-0.25, -0.2) is 4.79 Å². The van der Waals surface area contributed by atoms with E-state index in [1.54, 1.807) is 14.0 Å². The first-order valence-electron chi connectivity index (χ1n) is 7.54. The van der Waals surface area contributed by atoms with Crippen molar-refractivity contribution in [2.24, 2.45) is 0 Å². The van der Waals surface area contributed by atoms with E-state index in [2.05, 4.69) is 4.90 Å². The number of carbonyl (C=O) groups is 1. The first-order chi connectivity index (χ1) is 10.6. The molecule has 120 valence electrons. The molecule has 0 fully saturated rings. The second-order valence-corrected chi connectivity index (χ2v) is 5.25. The average molecular weight is 305 g/mol. The second-order valence-electron chi connectivity index (χ2n) is 5.25. The van der Waals surface area contributed by atoms with Crippen LogP contribution >= 0.6 is 0 Å². The molecule has 1 atom stereocenters. The fraction of sp³-hybridized carbons (Fsp3) is 0.471. The smallest absolute Gasteiger partial charge is 0.333 e. The fourth-order valence-corrected chi connectivity index (χ4v) is 2.46. The number of rotatable bonds is 6. The third-order valence-corrected chi connectivity index (χ3v) is 3.76. The molecule has 5 nitrogen and oxygen atoms in total. The molecule has 0 bridgehead atoms. The molecule has 1 unspecified atom stereocenters. The Bertz CT molecular complexity index is 524. The first-order valence-corrected chi connectivity index (χ1v) is 7.54. The lowest BCUT2D eigenvalue weighted by Crippen LogP contribution is -2.34. The predicted octanol–water partition coefficient (Wildman–Crippen LogP) is 1.92. The Labute approximate surface area is 131 Å². The number of nitrogens with zero attached hydrogens (tertiary/aromatic N) is 1. The summed E-state index contributed by atoms with van der Waals surface area (Å²) in [6.07, 6.45) is 2.00. The number of hydrogen-bond acceptors (Lipinski definition) is 5. The minimum Gasteiger partial charge on any atom is -0.497 e. The molecule has 0 saturated heterocycles. The largest absolute Gasteiger partial charge is 0.497 e. The minimum atomic E-state index is -0.552. The zero-order chi connectivity index (χ0) is 15.9. The maximum Gasteiger partial charge on any atom is 0.333 e. The van der Waals surface area contributed by atoms with Crippen molar-refractivity contribution in [1.82, 2.24) is 4.90 Å². The molecular weight excluding hydrogens is 282 g/mol. The zero-order valence-electron chi connectivity index (χ0n) is 13.1. The lowest BCUT2D eigenvalue weighted by molar-refractivity contribution is -0.138. The van der Waals surface area contributed by atoms with Gasteiger partial charge in [0.1, 0.15) is 5.75 Å². The molecule has 1 aromatic carbocycles. The van der Waals surface area contributed by atoms with Crippen LogP contribution < -0.4 is 4.74 Å². The van der Waals surface area contributed by atoms with Crippen molar-refractivity contribution in [3.63, 3.8) is 0 Å². The molecule has 1 heterocycles.